The number of rotatable bonds is 8. The van der Waals surface area contributed by atoms with Crippen LogP contribution in [-0.2, 0) is 6.54 Å². The molecule has 0 bridgehead atoms. The first-order valence-electron chi connectivity index (χ1n) is 9.98. The Balaban J connectivity index is 0.00000364. The minimum Gasteiger partial charge on any atom is -0.490 e. The third-order valence-corrected chi connectivity index (χ3v) is 4.92. The molecule has 5 nitrogen and oxygen atoms in total. The van der Waals surface area contributed by atoms with Crippen LogP contribution in [0.4, 0.5) is 0 Å². The molecular formula is C21H37IN4O. The van der Waals surface area contributed by atoms with Gasteiger partial charge in [-0.25, -0.2) is 4.99 Å². The van der Waals surface area contributed by atoms with E-state index in [0.29, 0.717) is 12.5 Å². The summed E-state index contributed by atoms with van der Waals surface area (Å²) in [6.07, 6.45) is 2.47. The highest BCUT2D eigenvalue weighted by Crippen LogP contribution is 2.23. The number of halogens is 1. The van der Waals surface area contributed by atoms with Gasteiger partial charge < -0.3 is 20.3 Å². The van der Waals surface area contributed by atoms with Crippen LogP contribution in [0.25, 0.3) is 0 Å². The molecule has 1 heterocycles. The number of guanidine groups is 1. The van der Waals surface area contributed by atoms with Gasteiger partial charge in [-0.05, 0) is 64.8 Å². The van der Waals surface area contributed by atoms with Gasteiger partial charge in [-0.3, -0.25) is 0 Å². The monoisotopic (exact) mass is 488 g/mol. The molecule has 0 saturated carbocycles. The Bertz CT molecular complexity index is 594. The van der Waals surface area contributed by atoms with E-state index in [9.17, 15) is 0 Å². The molecule has 1 fully saturated rings. The molecule has 0 aromatic heterocycles. The van der Waals surface area contributed by atoms with E-state index in [-0.39, 0.29) is 30.1 Å². The maximum absolute atomic E-state index is 6.11. The lowest BCUT2D eigenvalue weighted by Gasteiger charge is -2.17. The van der Waals surface area contributed by atoms with E-state index in [2.05, 4.69) is 68.5 Å². The van der Waals surface area contributed by atoms with Crippen molar-refractivity contribution in [3.05, 3.63) is 29.3 Å². The minimum atomic E-state index is 0. The van der Waals surface area contributed by atoms with Crippen LogP contribution in [0.2, 0.25) is 0 Å². The Morgan fingerprint density at radius 1 is 1.33 bits per heavy atom. The van der Waals surface area contributed by atoms with Crippen LogP contribution in [0.1, 0.15) is 44.7 Å². The predicted molar refractivity (Wildman–Crippen MR) is 125 cm³/mol. The van der Waals surface area contributed by atoms with Crippen LogP contribution in [0.5, 0.6) is 5.75 Å². The zero-order chi connectivity index (χ0) is 18.9. The second-order valence-electron chi connectivity index (χ2n) is 7.44. The summed E-state index contributed by atoms with van der Waals surface area (Å²) in [6.45, 7) is 13.3. The SMILES string of the molecule is CCNC(=NCc1ccc(C)cc1OC(C)CC)NCC1CCN(C)C1.I. The summed E-state index contributed by atoms with van der Waals surface area (Å²) in [5, 5.41) is 6.86. The number of nitrogens with one attached hydrogen (secondary N) is 2. The van der Waals surface area contributed by atoms with E-state index in [4.69, 9.17) is 9.73 Å². The molecule has 6 heteroatoms. The van der Waals surface area contributed by atoms with Crippen molar-refractivity contribution in [1.82, 2.24) is 15.5 Å². The first-order chi connectivity index (χ1) is 12.5. The summed E-state index contributed by atoms with van der Waals surface area (Å²) in [4.78, 5) is 7.18. The van der Waals surface area contributed by atoms with Crippen molar-refractivity contribution in [2.75, 3.05) is 33.2 Å². The third kappa shape index (κ3) is 8.25. The smallest absolute Gasteiger partial charge is 0.191 e. The molecule has 1 aliphatic heterocycles. The second kappa shape index (κ2) is 12.4. The van der Waals surface area contributed by atoms with Crippen LogP contribution in [0, 0.1) is 12.8 Å². The molecule has 1 saturated heterocycles. The standard InChI is InChI=1S/C21H36N4O.HI/c1-6-17(4)26-20-12-16(3)8-9-19(20)14-24-21(22-7-2)23-13-18-10-11-25(5)15-18;/h8-9,12,17-18H,6-7,10-11,13-15H2,1-5H3,(H2,22,23,24);1H. The molecule has 2 atom stereocenters. The van der Waals surface area contributed by atoms with Crippen LogP contribution in [0.3, 0.4) is 0 Å². The van der Waals surface area contributed by atoms with Crippen molar-refractivity contribution >= 4 is 29.9 Å². The molecule has 0 radical (unpaired) electrons. The molecule has 1 aromatic rings. The Labute approximate surface area is 182 Å². The number of hydrogen-bond acceptors (Lipinski definition) is 3. The van der Waals surface area contributed by atoms with Gasteiger partial charge in [-0.15, -0.1) is 24.0 Å². The van der Waals surface area contributed by atoms with Gasteiger partial charge in [0.15, 0.2) is 5.96 Å². The first-order valence-corrected chi connectivity index (χ1v) is 9.98. The molecular weight excluding hydrogens is 451 g/mol. The molecule has 2 rings (SSSR count). The topological polar surface area (TPSA) is 48.9 Å². The van der Waals surface area contributed by atoms with E-state index in [1.807, 2.05) is 0 Å². The molecule has 27 heavy (non-hydrogen) atoms. The fourth-order valence-electron chi connectivity index (χ4n) is 3.14. The highest BCUT2D eigenvalue weighted by molar-refractivity contribution is 14.0. The van der Waals surface area contributed by atoms with E-state index in [1.165, 1.54) is 18.5 Å². The molecule has 0 spiro atoms. The van der Waals surface area contributed by atoms with Crippen molar-refractivity contribution in [2.24, 2.45) is 10.9 Å². The minimum absolute atomic E-state index is 0. The van der Waals surface area contributed by atoms with E-state index < -0.39 is 0 Å². The van der Waals surface area contributed by atoms with Crippen molar-refractivity contribution in [1.29, 1.82) is 0 Å². The number of aryl methyl sites for hydroxylation is 1. The second-order valence-corrected chi connectivity index (χ2v) is 7.44. The first kappa shape index (κ1) is 24.0. The Morgan fingerprint density at radius 2 is 2.11 bits per heavy atom. The van der Waals surface area contributed by atoms with Crippen LogP contribution in [0.15, 0.2) is 23.2 Å². The Hall–Kier alpha value is -1.02. The predicted octanol–water partition coefficient (Wildman–Crippen LogP) is 3.80. The molecule has 2 N–H and O–H groups in total. The number of ether oxygens (including phenoxy) is 1. The van der Waals surface area contributed by atoms with Crippen molar-refractivity contribution in [2.45, 2.75) is 53.2 Å². The number of hydrogen-bond donors (Lipinski definition) is 2. The maximum Gasteiger partial charge on any atom is 0.191 e. The quantitative estimate of drug-likeness (QED) is 0.332. The fraction of sp³-hybridized carbons (Fsp3) is 0.667. The molecule has 154 valence electrons. The summed E-state index contributed by atoms with van der Waals surface area (Å²) < 4.78 is 6.11. The summed E-state index contributed by atoms with van der Waals surface area (Å²) in [6, 6.07) is 6.38. The number of nitrogens with zero attached hydrogens (tertiary/aromatic N) is 2. The average Bonchev–Trinajstić information content (AvgIpc) is 3.04. The summed E-state index contributed by atoms with van der Waals surface area (Å²) in [7, 11) is 2.19. The lowest BCUT2D eigenvalue weighted by atomic mass is 10.1. The lowest BCUT2D eigenvalue weighted by Crippen LogP contribution is -2.40. The number of benzene rings is 1. The van der Waals surface area contributed by atoms with Crippen LogP contribution >= 0.6 is 24.0 Å². The lowest BCUT2D eigenvalue weighted by molar-refractivity contribution is 0.215. The van der Waals surface area contributed by atoms with Crippen LogP contribution < -0.4 is 15.4 Å². The third-order valence-electron chi connectivity index (χ3n) is 4.92. The zero-order valence-corrected chi connectivity index (χ0v) is 19.9. The van der Waals surface area contributed by atoms with Crippen LogP contribution in [-0.4, -0.2) is 50.2 Å². The van der Waals surface area contributed by atoms with Gasteiger partial charge in [-0.2, -0.15) is 0 Å². The molecule has 1 aliphatic rings. The van der Waals surface area contributed by atoms with Crippen molar-refractivity contribution < 1.29 is 4.74 Å². The molecule has 0 amide bonds. The highest BCUT2D eigenvalue weighted by atomic mass is 127. The van der Waals surface area contributed by atoms with Gasteiger partial charge in [0.2, 0.25) is 0 Å². The zero-order valence-electron chi connectivity index (χ0n) is 17.5. The summed E-state index contributed by atoms with van der Waals surface area (Å²) in [5.74, 6) is 2.54. The average molecular weight is 488 g/mol. The van der Waals surface area contributed by atoms with E-state index in [1.54, 1.807) is 0 Å². The van der Waals surface area contributed by atoms with Gasteiger partial charge in [0.1, 0.15) is 5.75 Å². The molecule has 0 aliphatic carbocycles. The van der Waals surface area contributed by atoms with Gasteiger partial charge in [0.05, 0.1) is 12.6 Å². The largest absolute Gasteiger partial charge is 0.490 e. The maximum atomic E-state index is 6.11. The number of aliphatic imine (C=N–C) groups is 1. The van der Waals surface area contributed by atoms with Gasteiger partial charge in [-0.1, -0.05) is 19.1 Å². The van der Waals surface area contributed by atoms with E-state index in [0.717, 1.165) is 43.3 Å². The van der Waals surface area contributed by atoms with E-state index >= 15 is 0 Å². The van der Waals surface area contributed by atoms with Crippen molar-refractivity contribution in [3.8, 4) is 5.75 Å². The fourth-order valence-corrected chi connectivity index (χ4v) is 3.14. The Morgan fingerprint density at radius 3 is 2.74 bits per heavy atom. The van der Waals surface area contributed by atoms with Gasteiger partial charge >= 0.3 is 0 Å². The Kier molecular flexibility index (Phi) is 11.1. The van der Waals surface area contributed by atoms with Gasteiger partial charge in [0, 0.05) is 25.2 Å². The molecule has 2 unspecified atom stereocenters. The number of likely N-dealkylation sites (tertiary alicyclic amines) is 1. The van der Waals surface area contributed by atoms with Crippen molar-refractivity contribution in [3.63, 3.8) is 0 Å². The highest BCUT2D eigenvalue weighted by Gasteiger charge is 2.19. The summed E-state index contributed by atoms with van der Waals surface area (Å²) >= 11 is 0. The molecule has 1 aromatic carbocycles. The van der Waals surface area contributed by atoms with Gasteiger partial charge in [0.25, 0.3) is 0 Å². The summed E-state index contributed by atoms with van der Waals surface area (Å²) in [5.41, 5.74) is 2.35. The normalized spacial score (nSPS) is 18.7.